The molecule has 88 valence electrons. The molecule has 5 heteroatoms. The Kier molecular flexibility index (Phi) is 6.49. The van der Waals surface area contributed by atoms with Crippen molar-refractivity contribution >= 4 is 11.9 Å². The third-order valence-electron chi connectivity index (χ3n) is 2.10. The van der Waals surface area contributed by atoms with E-state index < -0.39 is 6.04 Å². The Bertz CT molecular complexity index is 219. The van der Waals surface area contributed by atoms with Gasteiger partial charge in [-0.05, 0) is 20.3 Å². The van der Waals surface area contributed by atoms with Crippen LogP contribution in [0.15, 0.2) is 0 Å². The lowest BCUT2D eigenvalue weighted by atomic mass is 10.3. The third-order valence-corrected chi connectivity index (χ3v) is 2.10. The summed E-state index contributed by atoms with van der Waals surface area (Å²) in [6.07, 6.45) is 0.890. The van der Waals surface area contributed by atoms with Crippen molar-refractivity contribution < 1.29 is 9.59 Å². The zero-order chi connectivity index (χ0) is 11.8. The van der Waals surface area contributed by atoms with Gasteiger partial charge < -0.3 is 15.5 Å². The molecule has 0 saturated heterocycles. The van der Waals surface area contributed by atoms with Crippen LogP contribution in [0.25, 0.3) is 0 Å². The second-order valence-corrected chi connectivity index (χ2v) is 3.48. The van der Waals surface area contributed by atoms with Crippen molar-refractivity contribution in [2.75, 3.05) is 20.1 Å². The number of carbonyl (C=O) groups excluding carboxylic acids is 2. The molecule has 0 rings (SSSR count). The van der Waals surface area contributed by atoms with E-state index in [1.54, 1.807) is 14.0 Å². The average molecular weight is 215 g/mol. The predicted molar refractivity (Wildman–Crippen MR) is 59.6 cm³/mol. The molecule has 15 heavy (non-hydrogen) atoms. The predicted octanol–water partition coefficient (Wildman–Crippen LogP) is 0.562. The topological polar surface area (TPSA) is 61.4 Å². The van der Waals surface area contributed by atoms with Gasteiger partial charge in [-0.1, -0.05) is 6.92 Å². The molecule has 1 unspecified atom stereocenters. The number of amides is 3. The summed E-state index contributed by atoms with van der Waals surface area (Å²) in [5.74, 6) is -0.144. The number of nitrogens with zero attached hydrogens (tertiary/aromatic N) is 1. The summed E-state index contributed by atoms with van der Waals surface area (Å²) >= 11 is 0. The second-order valence-electron chi connectivity index (χ2n) is 3.48. The monoisotopic (exact) mass is 215 g/mol. The van der Waals surface area contributed by atoms with Gasteiger partial charge in [0, 0.05) is 20.1 Å². The Balaban J connectivity index is 3.95. The number of hydrogen-bond acceptors (Lipinski definition) is 2. The van der Waals surface area contributed by atoms with Crippen LogP contribution >= 0.6 is 0 Å². The largest absolute Gasteiger partial charge is 0.354 e. The minimum absolute atomic E-state index is 0.144. The van der Waals surface area contributed by atoms with Crippen molar-refractivity contribution in [2.45, 2.75) is 33.2 Å². The van der Waals surface area contributed by atoms with Crippen molar-refractivity contribution in [1.29, 1.82) is 0 Å². The molecular formula is C10H21N3O2. The molecule has 2 N–H and O–H groups in total. The highest BCUT2D eigenvalue weighted by Crippen LogP contribution is 1.88. The van der Waals surface area contributed by atoms with Crippen molar-refractivity contribution in [2.24, 2.45) is 0 Å². The first-order chi connectivity index (χ1) is 7.02. The minimum atomic E-state index is -0.488. The number of hydrogen-bond donors (Lipinski definition) is 2. The molecule has 0 heterocycles. The van der Waals surface area contributed by atoms with Crippen LogP contribution in [-0.4, -0.2) is 43.0 Å². The molecule has 0 aromatic carbocycles. The molecule has 0 aromatic heterocycles. The molecular weight excluding hydrogens is 194 g/mol. The molecule has 1 atom stereocenters. The Morgan fingerprint density at radius 3 is 2.40 bits per heavy atom. The number of carbonyl (C=O) groups is 2. The lowest BCUT2D eigenvalue weighted by Crippen LogP contribution is -2.48. The summed E-state index contributed by atoms with van der Waals surface area (Å²) in [5, 5.41) is 5.34. The molecule has 0 aliphatic carbocycles. The van der Waals surface area contributed by atoms with Crippen LogP contribution in [0.2, 0.25) is 0 Å². The quantitative estimate of drug-likeness (QED) is 0.704. The average Bonchev–Trinajstić information content (AvgIpc) is 2.24. The van der Waals surface area contributed by atoms with Crippen LogP contribution in [-0.2, 0) is 4.79 Å². The number of urea groups is 1. The Morgan fingerprint density at radius 2 is 1.93 bits per heavy atom. The Labute approximate surface area is 91.2 Å². The van der Waals surface area contributed by atoms with Crippen LogP contribution in [0.3, 0.4) is 0 Å². The van der Waals surface area contributed by atoms with Gasteiger partial charge in [-0.15, -0.1) is 0 Å². The van der Waals surface area contributed by atoms with Crippen LogP contribution in [0.5, 0.6) is 0 Å². The summed E-state index contributed by atoms with van der Waals surface area (Å²) in [6, 6.07) is -0.713. The van der Waals surface area contributed by atoms with Gasteiger partial charge in [0.15, 0.2) is 0 Å². The maximum Gasteiger partial charge on any atom is 0.317 e. The van der Waals surface area contributed by atoms with Crippen LogP contribution in [0.1, 0.15) is 27.2 Å². The smallest absolute Gasteiger partial charge is 0.317 e. The molecule has 3 amide bonds. The normalized spacial score (nSPS) is 11.7. The van der Waals surface area contributed by atoms with Crippen LogP contribution in [0.4, 0.5) is 4.79 Å². The summed E-state index contributed by atoms with van der Waals surface area (Å²) in [6.45, 7) is 6.79. The van der Waals surface area contributed by atoms with E-state index in [0.29, 0.717) is 13.1 Å². The standard InChI is InChI=1S/C10H21N3O2/c1-5-7-11-9(14)8(3)12-10(15)13(4)6-2/h8H,5-7H2,1-4H3,(H,11,14)(H,12,15). The van der Waals surface area contributed by atoms with E-state index in [-0.39, 0.29) is 11.9 Å². The molecule has 0 aromatic rings. The van der Waals surface area contributed by atoms with Gasteiger partial charge in [0.2, 0.25) is 5.91 Å². The molecule has 0 fully saturated rings. The van der Waals surface area contributed by atoms with Crippen molar-refractivity contribution in [3.05, 3.63) is 0 Å². The lowest BCUT2D eigenvalue weighted by molar-refractivity contribution is -0.122. The molecule has 5 nitrogen and oxygen atoms in total. The van der Waals surface area contributed by atoms with E-state index in [4.69, 9.17) is 0 Å². The molecule has 0 aliphatic rings. The van der Waals surface area contributed by atoms with Gasteiger partial charge >= 0.3 is 6.03 Å². The van der Waals surface area contributed by atoms with Gasteiger partial charge in [-0.25, -0.2) is 4.79 Å². The number of rotatable bonds is 5. The fourth-order valence-corrected chi connectivity index (χ4v) is 0.906. The van der Waals surface area contributed by atoms with Gasteiger partial charge in [0.05, 0.1) is 0 Å². The number of nitrogens with one attached hydrogen (secondary N) is 2. The van der Waals surface area contributed by atoms with E-state index >= 15 is 0 Å². The molecule has 0 spiro atoms. The van der Waals surface area contributed by atoms with Crippen molar-refractivity contribution in [3.63, 3.8) is 0 Å². The highest BCUT2D eigenvalue weighted by Gasteiger charge is 2.16. The van der Waals surface area contributed by atoms with Crippen molar-refractivity contribution in [1.82, 2.24) is 15.5 Å². The van der Waals surface area contributed by atoms with Crippen LogP contribution in [0, 0.1) is 0 Å². The highest BCUT2D eigenvalue weighted by atomic mass is 16.2. The van der Waals surface area contributed by atoms with Gasteiger partial charge in [0.25, 0.3) is 0 Å². The van der Waals surface area contributed by atoms with E-state index in [2.05, 4.69) is 10.6 Å². The summed E-state index contributed by atoms with van der Waals surface area (Å²) in [7, 11) is 1.69. The molecule has 0 aliphatic heterocycles. The molecule has 0 bridgehead atoms. The van der Waals surface area contributed by atoms with E-state index in [1.807, 2.05) is 13.8 Å². The maximum atomic E-state index is 11.4. The van der Waals surface area contributed by atoms with Crippen LogP contribution < -0.4 is 10.6 Å². The van der Waals surface area contributed by atoms with E-state index in [1.165, 1.54) is 4.90 Å². The maximum absolute atomic E-state index is 11.4. The minimum Gasteiger partial charge on any atom is -0.354 e. The summed E-state index contributed by atoms with van der Waals surface area (Å²) in [5.41, 5.74) is 0. The third kappa shape index (κ3) is 5.24. The Hall–Kier alpha value is -1.26. The Morgan fingerprint density at radius 1 is 1.33 bits per heavy atom. The van der Waals surface area contributed by atoms with E-state index in [0.717, 1.165) is 6.42 Å². The van der Waals surface area contributed by atoms with Gasteiger partial charge in [-0.3, -0.25) is 4.79 Å². The highest BCUT2D eigenvalue weighted by molar-refractivity contribution is 5.86. The fourth-order valence-electron chi connectivity index (χ4n) is 0.906. The molecule has 0 radical (unpaired) electrons. The van der Waals surface area contributed by atoms with Crippen molar-refractivity contribution in [3.8, 4) is 0 Å². The lowest BCUT2D eigenvalue weighted by Gasteiger charge is -2.19. The summed E-state index contributed by atoms with van der Waals surface area (Å²) < 4.78 is 0. The van der Waals surface area contributed by atoms with E-state index in [9.17, 15) is 9.59 Å². The first-order valence-corrected chi connectivity index (χ1v) is 5.32. The van der Waals surface area contributed by atoms with Gasteiger partial charge in [0.1, 0.15) is 6.04 Å². The molecule has 0 saturated carbocycles. The second kappa shape index (κ2) is 7.09. The zero-order valence-corrected chi connectivity index (χ0v) is 9.96. The summed E-state index contributed by atoms with van der Waals surface area (Å²) in [4.78, 5) is 24.3. The van der Waals surface area contributed by atoms with Gasteiger partial charge in [-0.2, -0.15) is 0 Å². The first kappa shape index (κ1) is 13.7. The zero-order valence-electron chi connectivity index (χ0n) is 9.96. The SMILES string of the molecule is CCCNC(=O)C(C)NC(=O)N(C)CC. The first-order valence-electron chi connectivity index (χ1n) is 5.32. The fraction of sp³-hybridized carbons (Fsp3) is 0.800.